The molecule has 1 heterocycles. The first-order valence-corrected chi connectivity index (χ1v) is 11.1. The number of para-hydroxylation sites is 1. The Labute approximate surface area is 188 Å². The first-order valence-electron chi connectivity index (χ1n) is 11.1. The SMILES string of the molecule is CC(C)C(NC(=O)C1CCCCC1)C(=O)NNC(=O)c1ccc(COc2ccccc2)o1. The van der Waals surface area contributed by atoms with Crippen molar-refractivity contribution in [1.29, 1.82) is 0 Å². The van der Waals surface area contributed by atoms with Crippen LogP contribution in [0, 0.1) is 11.8 Å². The maximum absolute atomic E-state index is 12.6. The summed E-state index contributed by atoms with van der Waals surface area (Å²) < 4.78 is 11.1. The lowest BCUT2D eigenvalue weighted by Crippen LogP contribution is -2.55. The Morgan fingerprint density at radius 3 is 2.41 bits per heavy atom. The van der Waals surface area contributed by atoms with Gasteiger partial charge in [-0.3, -0.25) is 25.2 Å². The van der Waals surface area contributed by atoms with Crippen LogP contribution in [-0.2, 0) is 16.2 Å². The lowest BCUT2D eigenvalue weighted by atomic mass is 9.88. The van der Waals surface area contributed by atoms with Gasteiger partial charge in [-0.25, -0.2) is 0 Å². The van der Waals surface area contributed by atoms with Crippen LogP contribution in [0.1, 0.15) is 62.3 Å². The van der Waals surface area contributed by atoms with Gasteiger partial charge < -0.3 is 14.5 Å². The van der Waals surface area contributed by atoms with E-state index in [0.717, 1.165) is 32.1 Å². The van der Waals surface area contributed by atoms with E-state index in [1.807, 2.05) is 44.2 Å². The minimum absolute atomic E-state index is 0.0456. The van der Waals surface area contributed by atoms with E-state index in [2.05, 4.69) is 16.2 Å². The van der Waals surface area contributed by atoms with E-state index < -0.39 is 17.9 Å². The fourth-order valence-corrected chi connectivity index (χ4v) is 3.68. The Hall–Kier alpha value is -3.29. The highest BCUT2D eigenvalue weighted by atomic mass is 16.5. The Bertz CT molecular complexity index is 903. The summed E-state index contributed by atoms with van der Waals surface area (Å²) in [4.78, 5) is 37.5. The number of hydrogen-bond donors (Lipinski definition) is 3. The summed E-state index contributed by atoms with van der Waals surface area (Å²) >= 11 is 0. The average Bonchev–Trinajstić information content (AvgIpc) is 3.29. The van der Waals surface area contributed by atoms with E-state index in [1.165, 1.54) is 6.07 Å². The Morgan fingerprint density at radius 2 is 1.72 bits per heavy atom. The Kier molecular flexibility index (Phi) is 8.30. The maximum atomic E-state index is 12.6. The third-order valence-electron chi connectivity index (χ3n) is 5.53. The molecule has 1 aromatic heterocycles. The minimum Gasteiger partial charge on any atom is -0.486 e. The van der Waals surface area contributed by atoms with Crippen LogP contribution in [0.5, 0.6) is 5.75 Å². The quantitative estimate of drug-likeness (QED) is 0.544. The molecular formula is C24H31N3O5. The van der Waals surface area contributed by atoms with Gasteiger partial charge in [0, 0.05) is 5.92 Å². The number of carbonyl (C=O) groups is 3. The van der Waals surface area contributed by atoms with Crippen LogP contribution in [0.15, 0.2) is 46.9 Å². The van der Waals surface area contributed by atoms with Gasteiger partial charge in [-0.2, -0.15) is 0 Å². The van der Waals surface area contributed by atoms with Crippen molar-refractivity contribution in [2.45, 2.75) is 58.6 Å². The molecule has 3 N–H and O–H groups in total. The van der Waals surface area contributed by atoms with Crippen LogP contribution in [0.4, 0.5) is 0 Å². The van der Waals surface area contributed by atoms with Crippen LogP contribution in [0.3, 0.4) is 0 Å². The molecule has 3 rings (SSSR count). The lowest BCUT2D eigenvalue weighted by Gasteiger charge is -2.26. The molecule has 8 nitrogen and oxygen atoms in total. The molecule has 1 fully saturated rings. The van der Waals surface area contributed by atoms with Gasteiger partial charge in [0.2, 0.25) is 5.91 Å². The molecular weight excluding hydrogens is 410 g/mol. The van der Waals surface area contributed by atoms with Crippen LogP contribution in [0.25, 0.3) is 0 Å². The molecule has 0 bridgehead atoms. The van der Waals surface area contributed by atoms with Gasteiger partial charge in [-0.15, -0.1) is 0 Å². The molecule has 2 aromatic rings. The maximum Gasteiger partial charge on any atom is 0.305 e. The summed E-state index contributed by atoms with van der Waals surface area (Å²) in [5, 5.41) is 2.84. The third kappa shape index (κ3) is 6.60. The predicted molar refractivity (Wildman–Crippen MR) is 118 cm³/mol. The van der Waals surface area contributed by atoms with E-state index in [-0.39, 0.29) is 30.1 Å². The average molecular weight is 442 g/mol. The number of hydrogen-bond acceptors (Lipinski definition) is 5. The zero-order chi connectivity index (χ0) is 22.9. The second-order valence-corrected chi connectivity index (χ2v) is 8.38. The molecule has 3 amide bonds. The van der Waals surface area contributed by atoms with Crippen LogP contribution in [-0.4, -0.2) is 23.8 Å². The molecule has 1 saturated carbocycles. The van der Waals surface area contributed by atoms with Crippen LogP contribution in [0.2, 0.25) is 0 Å². The molecule has 1 aliphatic carbocycles. The molecule has 0 spiro atoms. The number of rotatable bonds is 8. The molecule has 1 unspecified atom stereocenters. The molecule has 0 aliphatic heterocycles. The van der Waals surface area contributed by atoms with Crippen LogP contribution < -0.4 is 20.9 Å². The molecule has 0 saturated heterocycles. The highest BCUT2D eigenvalue weighted by Crippen LogP contribution is 2.24. The number of carbonyl (C=O) groups excluding carboxylic acids is 3. The molecule has 32 heavy (non-hydrogen) atoms. The van der Waals surface area contributed by atoms with Gasteiger partial charge in [0.1, 0.15) is 24.2 Å². The van der Waals surface area contributed by atoms with Gasteiger partial charge in [0.15, 0.2) is 5.76 Å². The summed E-state index contributed by atoms with van der Waals surface area (Å²) in [5.41, 5.74) is 4.74. The van der Waals surface area contributed by atoms with E-state index in [4.69, 9.17) is 9.15 Å². The molecule has 1 aliphatic rings. The smallest absolute Gasteiger partial charge is 0.305 e. The van der Waals surface area contributed by atoms with Crippen molar-refractivity contribution in [3.63, 3.8) is 0 Å². The molecule has 0 radical (unpaired) electrons. The molecule has 1 atom stereocenters. The summed E-state index contributed by atoms with van der Waals surface area (Å²) in [6.45, 7) is 3.86. The standard InChI is InChI=1S/C24H31N3O5/c1-16(2)21(25-22(28)17-9-5-3-6-10-17)24(30)27-26-23(29)20-14-13-19(32-20)15-31-18-11-7-4-8-12-18/h4,7-8,11-14,16-17,21H,3,5-6,9-10,15H2,1-2H3,(H,25,28)(H,26,29)(H,27,30). The van der Waals surface area contributed by atoms with Crippen molar-refractivity contribution < 1.29 is 23.5 Å². The van der Waals surface area contributed by atoms with Crippen molar-refractivity contribution in [2.24, 2.45) is 11.8 Å². The van der Waals surface area contributed by atoms with E-state index in [9.17, 15) is 14.4 Å². The van der Waals surface area contributed by atoms with Crippen molar-refractivity contribution in [2.75, 3.05) is 0 Å². The second-order valence-electron chi connectivity index (χ2n) is 8.38. The van der Waals surface area contributed by atoms with E-state index in [1.54, 1.807) is 6.07 Å². The fourth-order valence-electron chi connectivity index (χ4n) is 3.68. The zero-order valence-electron chi connectivity index (χ0n) is 18.6. The van der Waals surface area contributed by atoms with Gasteiger partial charge >= 0.3 is 5.91 Å². The molecule has 1 aromatic carbocycles. The Morgan fingerprint density at radius 1 is 1.00 bits per heavy atom. The number of ether oxygens (including phenoxy) is 1. The number of nitrogens with one attached hydrogen (secondary N) is 3. The van der Waals surface area contributed by atoms with Gasteiger partial charge in [0.25, 0.3) is 5.91 Å². The number of amides is 3. The largest absolute Gasteiger partial charge is 0.486 e. The highest BCUT2D eigenvalue weighted by Gasteiger charge is 2.29. The highest BCUT2D eigenvalue weighted by molar-refractivity contribution is 5.94. The van der Waals surface area contributed by atoms with Crippen molar-refractivity contribution >= 4 is 17.7 Å². The predicted octanol–water partition coefficient (Wildman–Crippen LogP) is 3.34. The monoisotopic (exact) mass is 441 g/mol. The van der Waals surface area contributed by atoms with E-state index >= 15 is 0 Å². The number of furan rings is 1. The van der Waals surface area contributed by atoms with Gasteiger partial charge in [-0.05, 0) is 43.0 Å². The van der Waals surface area contributed by atoms with Gasteiger partial charge in [0.05, 0.1) is 0 Å². The molecule has 172 valence electrons. The van der Waals surface area contributed by atoms with Crippen LogP contribution >= 0.6 is 0 Å². The lowest BCUT2D eigenvalue weighted by molar-refractivity contribution is -0.133. The summed E-state index contributed by atoms with van der Waals surface area (Å²) in [7, 11) is 0. The number of benzene rings is 1. The Balaban J connectivity index is 1.48. The second kappa shape index (κ2) is 11.4. The van der Waals surface area contributed by atoms with Crippen molar-refractivity contribution in [1.82, 2.24) is 16.2 Å². The fraction of sp³-hybridized carbons (Fsp3) is 0.458. The normalized spacial score (nSPS) is 15.1. The third-order valence-corrected chi connectivity index (χ3v) is 5.53. The summed E-state index contributed by atoms with van der Waals surface area (Å²) in [6.07, 6.45) is 4.92. The topological polar surface area (TPSA) is 110 Å². The summed E-state index contributed by atoms with van der Waals surface area (Å²) in [5.74, 6) is -0.135. The minimum atomic E-state index is -0.740. The first kappa shape index (κ1) is 23.4. The van der Waals surface area contributed by atoms with Gasteiger partial charge in [-0.1, -0.05) is 51.3 Å². The molecule has 8 heteroatoms. The van der Waals surface area contributed by atoms with E-state index in [0.29, 0.717) is 11.5 Å². The zero-order valence-corrected chi connectivity index (χ0v) is 18.6. The van der Waals surface area contributed by atoms with Crippen molar-refractivity contribution in [3.05, 3.63) is 54.0 Å². The first-order chi connectivity index (χ1) is 15.4. The summed E-state index contributed by atoms with van der Waals surface area (Å²) in [6, 6.07) is 11.7. The number of hydrazine groups is 1. The van der Waals surface area contributed by atoms with Crippen molar-refractivity contribution in [3.8, 4) is 5.75 Å².